The van der Waals surface area contributed by atoms with Crippen molar-refractivity contribution in [3.8, 4) is 22.8 Å². The second kappa shape index (κ2) is 24.0. The maximum Gasteiger partial charge on any atom is 0.345 e. The Morgan fingerprint density at radius 1 is 0.609 bits per heavy atom. The summed E-state index contributed by atoms with van der Waals surface area (Å²) in [5, 5.41) is 11.4. The first-order chi connectivity index (χ1) is 32.0. The Hall–Kier alpha value is -5.30. The molecule has 69 heavy (non-hydrogen) atoms. The molecule has 0 unspecified atom stereocenters. The molecule has 0 saturated carbocycles. The van der Waals surface area contributed by atoms with Crippen LogP contribution in [-0.2, 0) is 53.3 Å². The van der Waals surface area contributed by atoms with Gasteiger partial charge in [-0.15, -0.1) is 22.7 Å². The van der Waals surface area contributed by atoms with Gasteiger partial charge in [-0.3, -0.25) is 23.8 Å². The summed E-state index contributed by atoms with van der Waals surface area (Å²) in [5.74, 6) is -1.68. The van der Waals surface area contributed by atoms with Crippen molar-refractivity contribution in [2.75, 3.05) is 12.5 Å². The molecule has 6 rings (SSSR count). The first-order valence-electron chi connectivity index (χ1n) is 20.6. The zero-order chi connectivity index (χ0) is 51.5. The summed E-state index contributed by atoms with van der Waals surface area (Å²) in [5.41, 5.74) is 8.81. The van der Waals surface area contributed by atoms with E-state index in [4.69, 9.17) is 10.8 Å². The lowest BCUT2D eigenvalue weighted by atomic mass is 9.95. The highest BCUT2D eigenvalue weighted by atomic mass is 79.9. The minimum atomic E-state index is -3.79. The predicted octanol–water partition coefficient (Wildman–Crippen LogP) is 7.28. The largest absolute Gasteiger partial charge is 0.477 e. The molecule has 0 radical (unpaired) electrons. The molecule has 3 amide bonds. The number of sulfonamides is 2. The molecular formula is C46H52Br2N8O9S4. The van der Waals surface area contributed by atoms with Crippen molar-refractivity contribution >= 4 is 98.3 Å². The molecule has 0 fully saturated rings. The van der Waals surface area contributed by atoms with Gasteiger partial charge in [-0.1, -0.05) is 90.1 Å². The summed E-state index contributed by atoms with van der Waals surface area (Å²) >= 11 is 9.26. The Bertz CT molecular complexity index is 2950. The number of benzene rings is 2. The van der Waals surface area contributed by atoms with Crippen LogP contribution in [0.5, 0.6) is 0 Å². The highest BCUT2D eigenvalue weighted by molar-refractivity contribution is 9.10. The Kier molecular flexibility index (Phi) is 19.6. The fourth-order valence-corrected chi connectivity index (χ4v) is 9.06. The molecular weight excluding hydrogens is 1100 g/mol. The topological polar surface area (TPSA) is 270 Å². The number of aromatic carboxylic acids is 1. The second-order valence-corrected chi connectivity index (χ2v) is 25.0. The van der Waals surface area contributed by atoms with Crippen molar-refractivity contribution in [2.24, 2.45) is 5.73 Å². The first kappa shape index (κ1) is 56.3. The van der Waals surface area contributed by atoms with Gasteiger partial charge >= 0.3 is 5.97 Å². The lowest BCUT2D eigenvalue weighted by Crippen LogP contribution is -2.49. The van der Waals surface area contributed by atoms with Gasteiger partial charge in [-0.25, -0.2) is 41.6 Å². The van der Waals surface area contributed by atoms with Crippen molar-refractivity contribution in [3.63, 3.8) is 0 Å². The van der Waals surface area contributed by atoms with Gasteiger partial charge in [0.15, 0.2) is 11.6 Å². The smallest absolute Gasteiger partial charge is 0.345 e. The summed E-state index contributed by atoms with van der Waals surface area (Å²) < 4.78 is 50.7. The van der Waals surface area contributed by atoms with Crippen molar-refractivity contribution in [1.82, 2.24) is 34.7 Å². The van der Waals surface area contributed by atoms with Crippen LogP contribution in [0.25, 0.3) is 22.8 Å². The molecule has 17 nitrogen and oxygen atoms in total. The van der Waals surface area contributed by atoms with Crippen LogP contribution >= 0.6 is 54.5 Å². The van der Waals surface area contributed by atoms with Crippen molar-refractivity contribution in [3.05, 3.63) is 137 Å². The van der Waals surface area contributed by atoms with E-state index in [1.807, 2.05) is 54.5 Å². The minimum absolute atomic E-state index is 0.0539. The molecule has 4 heterocycles. The van der Waals surface area contributed by atoms with Crippen molar-refractivity contribution < 1.29 is 41.1 Å². The number of hydrogen-bond donors (Lipinski definition) is 5. The maximum absolute atomic E-state index is 12.9. The third-order valence-electron chi connectivity index (χ3n) is 9.22. The van der Waals surface area contributed by atoms with Gasteiger partial charge in [0, 0.05) is 52.1 Å². The number of carboxylic acids is 1. The van der Waals surface area contributed by atoms with E-state index in [2.05, 4.69) is 77.9 Å². The lowest BCUT2D eigenvalue weighted by Gasteiger charge is -2.18. The molecule has 4 aromatic heterocycles. The van der Waals surface area contributed by atoms with Gasteiger partial charge in [0.2, 0.25) is 20.0 Å². The average molecular weight is 1150 g/mol. The van der Waals surface area contributed by atoms with Gasteiger partial charge < -0.3 is 16.2 Å². The molecule has 0 spiro atoms. The zero-order valence-electron chi connectivity index (χ0n) is 38.8. The fraction of sp³-hybridized carbons (Fsp3) is 0.304. The molecule has 0 saturated heterocycles. The fourth-order valence-electron chi connectivity index (χ4n) is 5.75. The summed E-state index contributed by atoms with van der Waals surface area (Å²) in [6.45, 7) is 12.4. The average Bonchev–Trinajstić information content (AvgIpc) is 3.97. The van der Waals surface area contributed by atoms with Crippen LogP contribution < -0.4 is 20.5 Å². The number of carboxylic acid groups (broad SMARTS) is 1. The SMILES string of the molecule is CC(C)(C)c1ccc(C(=O)N[C@@H](Cc2ccc(-c3ncc(Br)cn3)cc2)C(=O)NS(C)(=O)=O)s1.CC(C)(C)c1ccc(C(=O)O)s1.CS(=O)(=O)NC(=O)[C@@H](N)Cc1ccc(-c2ncc(Br)cn2)cc1. The van der Waals surface area contributed by atoms with E-state index in [0.29, 0.717) is 21.4 Å². The first-order valence-corrected chi connectivity index (χ1v) is 27.6. The van der Waals surface area contributed by atoms with Crippen LogP contribution in [0, 0.1) is 0 Å². The van der Waals surface area contributed by atoms with Gasteiger partial charge in [0.25, 0.3) is 17.7 Å². The number of carbonyl (C=O) groups is 4. The van der Waals surface area contributed by atoms with Gasteiger partial charge in [0.1, 0.15) is 10.9 Å². The Morgan fingerprint density at radius 2 is 0.986 bits per heavy atom. The number of aromatic nitrogens is 4. The summed E-state index contributed by atoms with van der Waals surface area (Å²) in [6.07, 6.45) is 8.73. The molecule has 0 bridgehead atoms. The maximum atomic E-state index is 12.9. The molecule has 0 aliphatic rings. The summed E-state index contributed by atoms with van der Waals surface area (Å²) in [4.78, 5) is 67.7. The molecule has 0 aliphatic heterocycles. The molecule has 23 heteroatoms. The van der Waals surface area contributed by atoms with E-state index >= 15 is 0 Å². The number of nitrogens with two attached hydrogens (primary N) is 1. The molecule has 2 atom stereocenters. The quantitative estimate of drug-likeness (QED) is 0.0761. The van der Waals surface area contributed by atoms with Crippen LogP contribution in [0.15, 0.2) is 107 Å². The molecule has 2 aromatic carbocycles. The summed E-state index contributed by atoms with van der Waals surface area (Å²) in [7, 11) is -7.40. The minimum Gasteiger partial charge on any atom is -0.477 e. The third kappa shape index (κ3) is 18.9. The van der Waals surface area contributed by atoms with Crippen LogP contribution in [0.2, 0.25) is 0 Å². The van der Waals surface area contributed by atoms with Gasteiger partial charge in [-0.05, 0) is 84.5 Å². The highest BCUT2D eigenvalue weighted by Gasteiger charge is 2.26. The monoisotopic (exact) mass is 1150 g/mol. The Labute approximate surface area is 426 Å². The number of carbonyl (C=O) groups excluding carboxylic acids is 3. The Morgan fingerprint density at radius 3 is 1.35 bits per heavy atom. The molecule has 0 aliphatic carbocycles. The lowest BCUT2D eigenvalue weighted by molar-refractivity contribution is -0.121. The summed E-state index contributed by atoms with van der Waals surface area (Å²) in [6, 6.07) is 19.5. The van der Waals surface area contributed by atoms with E-state index in [0.717, 1.165) is 53.5 Å². The molecule has 6 aromatic rings. The number of thiophene rings is 2. The van der Waals surface area contributed by atoms with Crippen LogP contribution in [0.3, 0.4) is 0 Å². The van der Waals surface area contributed by atoms with Gasteiger partial charge in [0.05, 0.1) is 32.4 Å². The number of hydrogen-bond acceptors (Lipinski definition) is 15. The Balaban J connectivity index is 0.000000254. The van der Waals surface area contributed by atoms with E-state index in [1.165, 1.54) is 22.7 Å². The predicted molar refractivity (Wildman–Crippen MR) is 276 cm³/mol. The van der Waals surface area contributed by atoms with E-state index in [1.54, 1.807) is 73.3 Å². The van der Waals surface area contributed by atoms with Crippen LogP contribution in [-0.4, -0.2) is 90.2 Å². The second-order valence-electron chi connectivity index (χ2n) is 17.5. The van der Waals surface area contributed by atoms with E-state index in [-0.39, 0.29) is 23.7 Å². The van der Waals surface area contributed by atoms with Crippen molar-refractivity contribution in [2.45, 2.75) is 77.3 Å². The normalized spacial score (nSPS) is 12.5. The third-order valence-corrected chi connectivity index (χ3v) is 14.2. The van der Waals surface area contributed by atoms with E-state index < -0.39 is 55.8 Å². The number of rotatable bonds is 13. The molecule has 368 valence electrons. The number of nitrogens with one attached hydrogen (secondary N) is 3. The standard InChI is InChI=1S/C23H25BrN4O4S2.C14H15BrN4O3S.C9H12O2S/c1-23(2,3)19-10-9-18(33-19)22(30)27-17(21(29)28-34(4,31)32)11-14-5-7-15(8-6-14)20-25-12-16(24)13-26-20;1-23(21,22)19-14(20)12(16)6-9-2-4-10(5-3-9)13-17-7-11(15)8-18-13;1-9(2,3)7-5-4-6(12-7)8(10)11/h5-10,12-13,17H,11H2,1-4H3,(H,27,30)(H,28,29);2-5,7-8,12H,6,16H2,1H3,(H,19,20);4-5H,1-3H3,(H,10,11)/t17-;12-;/m00./s1. The molecule has 6 N–H and O–H groups in total. The highest BCUT2D eigenvalue weighted by Crippen LogP contribution is 2.30. The zero-order valence-corrected chi connectivity index (χ0v) is 45.2. The van der Waals surface area contributed by atoms with E-state index in [9.17, 15) is 36.0 Å². The van der Waals surface area contributed by atoms with Gasteiger partial charge in [-0.2, -0.15) is 0 Å². The van der Waals surface area contributed by atoms with Crippen molar-refractivity contribution in [1.29, 1.82) is 0 Å². The number of amides is 3. The van der Waals surface area contributed by atoms with Crippen LogP contribution in [0.1, 0.15) is 81.8 Å². The number of halogens is 2. The number of nitrogens with zero attached hydrogens (tertiary/aromatic N) is 4. The van der Waals surface area contributed by atoms with Crippen LogP contribution in [0.4, 0.5) is 0 Å².